The van der Waals surface area contributed by atoms with Crippen LogP contribution in [0.3, 0.4) is 0 Å². The normalized spacial score (nSPS) is 14.7. The molecule has 0 fully saturated rings. The van der Waals surface area contributed by atoms with Crippen molar-refractivity contribution in [1.82, 2.24) is 9.62 Å². The minimum Gasteiger partial charge on any atom is -0.351 e. The summed E-state index contributed by atoms with van der Waals surface area (Å²) in [6, 6.07) is 9.92. The number of rotatable bonds is 6. The van der Waals surface area contributed by atoms with Crippen LogP contribution in [0, 0.1) is 0 Å². The van der Waals surface area contributed by atoms with Crippen molar-refractivity contribution < 1.29 is 13.2 Å². The van der Waals surface area contributed by atoms with Gasteiger partial charge in [0, 0.05) is 32.1 Å². The van der Waals surface area contributed by atoms with Crippen LogP contribution in [0.2, 0.25) is 0 Å². The summed E-state index contributed by atoms with van der Waals surface area (Å²) in [5.74, 6) is -0.149. The molecule has 0 radical (unpaired) electrons. The fraction of sp³-hybridized carbons (Fsp3) is 0.312. The topological polar surface area (TPSA) is 66.5 Å². The maximum absolute atomic E-state index is 12.1. The minimum atomic E-state index is -3.21. The number of benzene rings is 1. The number of likely N-dealkylation sites (N-methyl/N-ethyl adjacent to an activating group) is 1. The molecule has 5 nitrogen and oxygen atoms in total. The molecule has 0 atom stereocenters. The van der Waals surface area contributed by atoms with E-state index in [2.05, 4.69) is 5.32 Å². The van der Waals surface area contributed by atoms with E-state index in [1.165, 1.54) is 11.4 Å². The van der Waals surface area contributed by atoms with Crippen LogP contribution in [0.15, 0.2) is 48.1 Å². The molecule has 0 saturated heterocycles. The van der Waals surface area contributed by atoms with E-state index >= 15 is 0 Å². The van der Waals surface area contributed by atoms with Gasteiger partial charge in [-0.15, -0.1) is 0 Å². The van der Waals surface area contributed by atoms with Gasteiger partial charge in [-0.2, -0.15) is 0 Å². The molecule has 1 amide bonds. The van der Waals surface area contributed by atoms with Crippen molar-refractivity contribution in [3.05, 3.63) is 53.6 Å². The summed E-state index contributed by atoms with van der Waals surface area (Å²) < 4.78 is 23.7. The van der Waals surface area contributed by atoms with Crippen LogP contribution in [0.5, 0.6) is 0 Å². The van der Waals surface area contributed by atoms with Crippen LogP contribution >= 0.6 is 0 Å². The van der Waals surface area contributed by atoms with Gasteiger partial charge in [-0.3, -0.25) is 4.79 Å². The molecule has 0 aliphatic heterocycles. The first kappa shape index (κ1) is 16.5. The van der Waals surface area contributed by atoms with Crippen LogP contribution in [0.25, 0.3) is 5.57 Å². The Hall–Kier alpha value is -1.92. The highest BCUT2D eigenvalue weighted by molar-refractivity contribution is 7.88. The van der Waals surface area contributed by atoms with Gasteiger partial charge in [0.2, 0.25) is 15.9 Å². The van der Waals surface area contributed by atoms with Crippen LogP contribution < -0.4 is 5.32 Å². The van der Waals surface area contributed by atoms with E-state index in [1.807, 2.05) is 42.5 Å². The molecule has 0 bridgehead atoms. The lowest BCUT2D eigenvalue weighted by Crippen LogP contribution is -2.36. The van der Waals surface area contributed by atoms with E-state index in [-0.39, 0.29) is 12.5 Å². The predicted molar refractivity (Wildman–Crippen MR) is 87.6 cm³/mol. The maximum Gasteiger partial charge on any atom is 0.247 e. The van der Waals surface area contributed by atoms with Gasteiger partial charge in [0.1, 0.15) is 0 Å². The molecular weight excluding hydrogens is 300 g/mol. The Morgan fingerprint density at radius 2 is 1.91 bits per heavy atom. The highest BCUT2D eigenvalue weighted by Crippen LogP contribution is 2.27. The smallest absolute Gasteiger partial charge is 0.247 e. The van der Waals surface area contributed by atoms with Gasteiger partial charge in [0.15, 0.2) is 0 Å². The minimum absolute atomic E-state index is 0.149. The zero-order chi connectivity index (χ0) is 16.2. The monoisotopic (exact) mass is 320 g/mol. The average molecular weight is 320 g/mol. The highest BCUT2D eigenvalue weighted by Gasteiger charge is 2.17. The maximum atomic E-state index is 12.1. The van der Waals surface area contributed by atoms with Crippen LogP contribution in [-0.4, -0.2) is 45.0 Å². The van der Waals surface area contributed by atoms with Crippen LogP contribution in [-0.2, 0) is 14.8 Å². The quantitative estimate of drug-likeness (QED) is 0.862. The van der Waals surface area contributed by atoms with E-state index in [0.29, 0.717) is 18.5 Å². The summed E-state index contributed by atoms with van der Waals surface area (Å²) in [6.45, 7) is 0.553. The van der Waals surface area contributed by atoms with E-state index in [0.717, 1.165) is 17.4 Å². The van der Waals surface area contributed by atoms with E-state index < -0.39 is 10.0 Å². The Balaban J connectivity index is 1.81. The lowest BCUT2D eigenvalue weighted by Gasteiger charge is -2.14. The second-order valence-corrected chi connectivity index (χ2v) is 7.36. The number of amides is 1. The first-order valence-electron chi connectivity index (χ1n) is 7.02. The van der Waals surface area contributed by atoms with Crippen molar-refractivity contribution in [3.8, 4) is 0 Å². The standard InChI is InChI=1S/C16H20N2O3S/c1-18(22(2,20)21)11-10-17-16(19)15-9-8-14(12-15)13-6-4-3-5-7-13/h3-9H,10-12H2,1-2H3,(H,17,19). The first-order chi connectivity index (χ1) is 10.4. The van der Waals surface area contributed by atoms with E-state index in [4.69, 9.17) is 0 Å². The molecule has 0 aromatic heterocycles. The number of sulfonamides is 1. The molecule has 118 valence electrons. The molecule has 0 saturated carbocycles. The van der Waals surface area contributed by atoms with Crippen molar-refractivity contribution >= 4 is 21.5 Å². The second kappa shape index (κ2) is 6.89. The summed E-state index contributed by atoms with van der Waals surface area (Å²) >= 11 is 0. The summed E-state index contributed by atoms with van der Waals surface area (Å²) in [7, 11) is -1.72. The zero-order valence-electron chi connectivity index (χ0n) is 12.7. The van der Waals surface area contributed by atoms with Crippen molar-refractivity contribution in [3.63, 3.8) is 0 Å². The number of hydrogen-bond donors (Lipinski definition) is 1. The summed E-state index contributed by atoms with van der Waals surface area (Å²) in [5, 5.41) is 2.75. The van der Waals surface area contributed by atoms with E-state index in [1.54, 1.807) is 0 Å². The van der Waals surface area contributed by atoms with Crippen molar-refractivity contribution in [2.75, 3.05) is 26.4 Å². The van der Waals surface area contributed by atoms with Gasteiger partial charge in [-0.05, 0) is 11.1 Å². The number of nitrogens with one attached hydrogen (secondary N) is 1. The molecule has 1 aliphatic rings. The van der Waals surface area contributed by atoms with Crippen molar-refractivity contribution in [1.29, 1.82) is 0 Å². The third-order valence-electron chi connectivity index (χ3n) is 3.58. The molecule has 22 heavy (non-hydrogen) atoms. The average Bonchev–Trinajstić information content (AvgIpc) is 2.97. The van der Waals surface area contributed by atoms with Gasteiger partial charge in [0.25, 0.3) is 0 Å². The molecule has 2 rings (SSSR count). The number of carbonyl (C=O) groups excluding carboxylic acids is 1. The van der Waals surface area contributed by atoms with Gasteiger partial charge in [-0.25, -0.2) is 12.7 Å². The lowest BCUT2D eigenvalue weighted by molar-refractivity contribution is -0.117. The fourth-order valence-electron chi connectivity index (χ4n) is 2.14. The molecule has 1 aromatic carbocycles. The molecule has 0 unspecified atom stereocenters. The molecular formula is C16H20N2O3S. The molecule has 0 heterocycles. The van der Waals surface area contributed by atoms with Gasteiger partial charge in [-0.1, -0.05) is 42.5 Å². The first-order valence-corrected chi connectivity index (χ1v) is 8.87. The Bertz CT molecular complexity index is 706. The summed E-state index contributed by atoms with van der Waals surface area (Å²) in [5.41, 5.74) is 2.92. The molecule has 0 spiro atoms. The summed E-state index contributed by atoms with van der Waals surface area (Å²) in [4.78, 5) is 12.1. The Labute approximate surface area is 131 Å². The Kier molecular flexibility index (Phi) is 5.15. The summed E-state index contributed by atoms with van der Waals surface area (Å²) in [6.07, 6.45) is 5.51. The lowest BCUT2D eigenvalue weighted by atomic mass is 10.0. The largest absolute Gasteiger partial charge is 0.351 e. The second-order valence-electron chi connectivity index (χ2n) is 5.27. The highest BCUT2D eigenvalue weighted by atomic mass is 32.2. The molecule has 6 heteroatoms. The Morgan fingerprint density at radius 3 is 2.55 bits per heavy atom. The SMILES string of the molecule is CN(CCNC(=O)C1=CC=C(c2ccccc2)C1)S(C)(=O)=O. The number of allylic oxidation sites excluding steroid dienone is 3. The van der Waals surface area contributed by atoms with Crippen LogP contribution in [0.1, 0.15) is 12.0 Å². The molecule has 1 aliphatic carbocycles. The molecule has 1 aromatic rings. The Morgan fingerprint density at radius 1 is 1.23 bits per heavy atom. The third kappa shape index (κ3) is 4.29. The zero-order valence-corrected chi connectivity index (χ0v) is 13.6. The third-order valence-corrected chi connectivity index (χ3v) is 4.90. The van der Waals surface area contributed by atoms with Crippen molar-refractivity contribution in [2.24, 2.45) is 0 Å². The van der Waals surface area contributed by atoms with Gasteiger partial charge >= 0.3 is 0 Å². The van der Waals surface area contributed by atoms with Gasteiger partial charge in [0.05, 0.1) is 6.26 Å². The number of carbonyl (C=O) groups is 1. The fourth-order valence-corrected chi connectivity index (χ4v) is 2.56. The number of nitrogens with zero attached hydrogens (tertiary/aromatic N) is 1. The molecule has 1 N–H and O–H groups in total. The van der Waals surface area contributed by atoms with Crippen molar-refractivity contribution in [2.45, 2.75) is 6.42 Å². The van der Waals surface area contributed by atoms with Crippen LogP contribution in [0.4, 0.5) is 0 Å². The predicted octanol–water partition coefficient (Wildman–Crippen LogP) is 1.41. The van der Waals surface area contributed by atoms with E-state index in [9.17, 15) is 13.2 Å². The van der Waals surface area contributed by atoms with Gasteiger partial charge < -0.3 is 5.32 Å². The number of hydrogen-bond acceptors (Lipinski definition) is 3.